The zero-order valence-electron chi connectivity index (χ0n) is 17.7. The Balaban J connectivity index is 1.62. The molecule has 9 heteroatoms. The predicted octanol–water partition coefficient (Wildman–Crippen LogP) is 3.55. The highest BCUT2D eigenvalue weighted by atomic mass is 32.2. The summed E-state index contributed by atoms with van der Waals surface area (Å²) in [6.45, 7) is 2.92. The van der Waals surface area contributed by atoms with E-state index in [2.05, 4.69) is 4.72 Å². The van der Waals surface area contributed by atoms with E-state index in [0.717, 1.165) is 11.0 Å². The van der Waals surface area contributed by atoms with Crippen molar-refractivity contribution in [3.63, 3.8) is 0 Å². The van der Waals surface area contributed by atoms with E-state index in [0.29, 0.717) is 22.1 Å². The SMILES string of the molecule is CCOC(=O)c1oc2ccccc2c1COC(=O)CNS(=O)(=O)/C=C/c1ccc(C)cc1. The van der Waals surface area contributed by atoms with Gasteiger partial charge in [-0.15, -0.1) is 0 Å². The first-order chi connectivity index (χ1) is 15.3. The Morgan fingerprint density at radius 1 is 1.06 bits per heavy atom. The standard InChI is InChI=1S/C23H23NO7S/c1-3-29-23(26)22-19(18-6-4-5-7-20(18)31-22)15-30-21(25)14-24-32(27,28)13-12-17-10-8-16(2)9-11-17/h4-13,24H,3,14-15H2,1-2H3/b13-12+. The number of carbonyl (C=O) groups is 2. The van der Waals surface area contributed by atoms with Crippen LogP contribution >= 0.6 is 0 Å². The van der Waals surface area contributed by atoms with Crippen LogP contribution in [0.15, 0.2) is 58.4 Å². The van der Waals surface area contributed by atoms with Crippen molar-refractivity contribution in [1.82, 2.24) is 4.72 Å². The molecule has 0 spiro atoms. The lowest BCUT2D eigenvalue weighted by molar-refractivity contribution is -0.143. The Labute approximate surface area is 185 Å². The van der Waals surface area contributed by atoms with Crippen LogP contribution in [-0.4, -0.2) is 33.5 Å². The number of para-hydroxylation sites is 1. The van der Waals surface area contributed by atoms with Gasteiger partial charge in [0.2, 0.25) is 15.8 Å². The number of hydrogen-bond donors (Lipinski definition) is 1. The number of ether oxygens (including phenoxy) is 2. The monoisotopic (exact) mass is 457 g/mol. The van der Waals surface area contributed by atoms with Gasteiger partial charge in [0, 0.05) is 10.8 Å². The van der Waals surface area contributed by atoms with Crippen LogP contribution in [0, 0.1) is 6.92 Å². The molecule has 3 rings (SSSR count). The van der Waals surface area contributed by atoms with Crippen LogP contribution in [0.4, 0.5) is 0 Å². The highest BCUT2D eigenvalue weighted by molar-refractivity contribution is 7.92. The van der Waals surface area contributed by atoms with Crippen LogP contribution < -0.4 is 4.72 Å². The van der Waals surface area contributed by atoms with Crippen LogP contribution in [0.3, 0.4) is 0 Å². The van der Waals surface area contributed by atoms with Gasteiger partial charge < -0.3 is 13.9 Å². The second-order valence-electron chi connectivity index (χ2n) is 6.87. The van der Waals surface area contributed by atoms with Gasteiger partial charge in [-0.1, -0.05) is 48.0 Å². The average molecular weight is 458 g/mol. The number of hydrogen-bond acceptors (Lipinski definition) is 7. The van der Waals surface area contributed by atoms with Gasteiger partial charge in [0.05, 0.1) is 12.2 Å². The number of fused-ring (bicyclic) bond motifs is 1. The van der Waals surface area contributed by atoms with E-state index in [1.54, 1.807) is 43.3 Å². The lowest BCUT2D eigenvalue weighted by atomic mass is 10.1. The summed E-state index contributed by atoms with van der Waals surface area (Å²) in [6.07, 6.45) is 1.43. The van der Waals surface area contributed by atoms with Crippen LogP contribution in [0.1, 0.15) is 34.2 Å². The lowest BCUT2D eigenvalue weighted by Gasteiger charge is -2.06. The van der Waals surface area contributed by atoms with Crippen molar-refractivity contribution < 1.29 is 31.9 Å². The van der Waals surface area contributed by atoms with Gasteiger partial charge in [-0.3, -0.25) is 4.79 Å². The number of carbonyl (C=O) groups excluding carboxylic acids is 2. The third-order valence-corrected chi connectivity index (χ3v) is 5.51. The first-order valence-electron chi connectivity index (χ1n) is 9.86. The molecular weight excluding hydrogens is 434 g/mol. The van der Waals surface area contributed by atoms with Crippen LogP contribution in [0.5, 0.6) is 0 Å². The van der Waals surface area contributed by atoms with Crippen molar-refractivity contribution in [3.05, 3.63) is 76.4 Å². The number of nitrogens with one attached hydrogen (secondary N) is 1. The summed E-state index contributed by atoms with van der Waals surface area (Å²) < 4.78 is 42.1. The van der Waals surface area contributed by atoms with E-state index in [1.165, 1.54) is 6.08 Å². The minimum atomic E-state index is -3.84. The second-order valence-corrected chi connectivity index (χ2v) is 8.52. The minimum Gasteiger partial charge on any atom is -0.460 e. The van der Waals surface area contributed by atoms with Gasteiger partial charge in [-0.05, 0) is 31.6 Å². The molecule has 168 valence electrons. The number of esters is 2. The van der Waals surface area contributed by atoms with Crippen LogP contribution in [0.2, 0.25) is 0 Å². The molecule has 0 radical (unpaired) electrons. The van der Waals surface area contributed by atoms with Gasteiger partial charge >= 0.3 is 11.9 Å². The minimum absolute atomic E-state index is 0.0533. The topological polar surface area (TPSA) is 112 Å². The van der Waals surface area contributed by atoms with Gasteiger partial charge in [0.1, 0.15) is 18.7 Å². The van der Waals surface area contributed by atoms with Crippen molar-refractivity contribution in [2.24, 2.45) is 0 Å². The molecule has 0 saturated carbocycles. The van der Waals surface area contributed by atoms with E-state index in [-0.39, 0.29) is 19.0 Å². The molecule has 0 aliphatic rings. The van der Waals surface area contributed by atoms with E-state index >= 15 is 0 Å². The fraction of sp³-hybridized carbons (Fsp3) is 0.217. The van der Waals surface area contributed by atoms with Crippen molar-refractivity contribution in [2.75, 3.05) is 13.2 Å². The number of aryl methyl sites for hydroxylation is 1. The number of benzene rings is 2. The molecule has 0 fully saturated rings. The van der Waals surface area contributed by atoms with Crippen molar-refractivity contribution >= 4 is 39.0 Å². The zero-order chi connectivity index (χ0) is 23.1. The Morgan fingerprint density at radius 3 is 2.50 bits per heavy atom. The normalized spacial score (nSPS) is 11.7. The van der Waals surface area contributed by atoms with E-state index in [4.69, 9.17) is 13.9 Å². The highest BCUT2D eigenvalue weighted by Gasteiger charge is 2.23. The number of sulfonamides is 1. The summed E-state index contributed by atoms with van der Waals surface area (Å²) in [5.74, 6) is -1.53. The molecule has 32 heavy (non-hydrogen) atoms. The molecule has 0 amide bonds. The second kappa shape index (κ2) is 10.3. The third-order valence-electron chi connectivity index (χ3n) is 4.47. The fourth-order valence-corrected chi connectivity index (χ4v) is 3.61. The molecule has 0 aliphatic carbocycles. The molecule has 8 nitrogen and oxygen atoms in total. The molecule has 0 bridgehead atoms. The molecular formula is C23H23NO7S. The third kappa shape index (κ3) is 6.05. The zero-order valence-corrected chi connectivity index (χ0v) is 18.5. The highest BCUT2D eigenvalue weighted by Crippen LogP contribution is 2.27. The summed E-state index contributed by atoms with van der Waals surface area (Å²) in [4.78, 5) is 24.3. The van der Waals surface area contributed by atoms with Crippen LogP contribution in [0.25, 0.3) is 17.0 Å². The molecule has 0 atom stereocenters. The average Bonchev–Trinajstić information content (AvgIpc) is 3.15. The summed E-state index contributed by atoms with van der Waals surface area (Å²) in [7, 11) is -3.84. The van der Waals surface area contributed by atoms with E-state index < -0.39 is 28.5 Å². The molecule has 0 saturated heterocycles. The molecule has 3 aromatic rings. The molecule has 1 N–H and O–H groups in total. The number of furan rings is 1. The molecule has 1 aromatic heterocycles. The van der Waals surface area contributed by atoms with Crippen LogP contribution in [-0.2, 0) is 30.9 Å². The Morgan fingerprint density at radius 2 is 1.78 bits per heavy atom. The molecule has 0 aliphatic heterocycles. The predicted molar refractivity (Wildman–Crippen MR) is 119 cm³/mol. The van der Waals surface area contributed by atoms with E-state index in [1.807, 2.05) is 19.1 Å². The van der Waals surface area contributed by atoms with Crippen molar-refractivity contribution in [2.45, 2.75) is 20.5 Å². The molecule has 1 heterocycles. The first kappa shape index (κ1) is 23.2. The first-order valence-corrected chi connectivity index (χ1v) is 11.4. The Hall–Kier alpha value is -3.43. The van der Waals surface area contributed by atoms with Gasteiger partial charge in [0.25, 0.3) is 0 Å². The summed E-state index contributed by atoms with van der Waals surface area (Å²) in [6, 6.07) is 14.2. The maximum absolute atomic E-state index is 12.2. The van der Waals surface area contributed by atoms with Crippen molar-refractivity contribution in [3.8, 4) is 0 Å². The summed E-state index contributed by atoms with van der Waals surface area (Å²) in [5.41, 5.74) is 2.57. The summed E-state index contributed by atoms with van der Waals surface area (Å²) in [5, 5.41) is 1.58. The van der Waals surface area contributed by atoms with Crippen molar-refractivity contribution in [1.29, 1.82) is 0 Å². The Kier molecular flexibility index (Phi) is 7.45. The Bertz CT molecular complexity index is 1240. The fourth-order valence-electron chi connectivity index (χ4n) is 2.86. The lowest BCUT2D eigenvalue weighted by Crippen LogP contribution is -2.29. The maximum atomic E-state index is 12.2. The quantitative estimate of drug-likeness (QED) is 0.489. The summed E-state index contributed by atoms with van der Waals surface area (Å²) >= 11 is 0. The van der Waals surface area contributed by atoms with E-state index in [9.17, 15) is 18.0 Å². The maximum Gasteiger partial charge on any atom is 0.374 e. The molecule has 2 aromatic carbocycles. The molecule has 0 unspecified atom stereocenters. The largest absolute Gasteiger partial charge is 0.460 e. The van der Waals surface area contributed by atoms with Gasteiger partial charge in [-0.2, -0.15) is 0 Å². The van der Waals surface area contributed by atoms with Gasteiger partial charge in [-0.25, -0.2) is 17.9 Å². The smallest absolute Gasteiger partial charge is 0.374 e. The van der Waals surface area contributed by atoms with Gasteiger partial charge in [0.15, 0.2) is 0 Å². The number of rotatable bonds is 9.